The lowest BCUT2D eigenvalue weighted by Gasteiger charge is -2.28. The first-order chi connectivity index (χ1) is 17.1. The molecule has 4 rings (SSSR count). The SMILES string of the molecule is CCCCOC(=O)CN1CCc2ccc(NC(=O)c3ccc(/C=N/N4CCSCC4)cc3)cc2C1. The molecule has 186 valence electrons. The molecule has 2 heterocycles. The van der Waals surface area contributed by atoms with Gasteiger partial charge in [-0.1, -0.05) is 31.5 Å². The number of anilines is 1. The van der Waals surface area contributed by atoms with Crippen molar-refractivity contribution in [2.24, 2.45) is 5.10 Å². The summed E-state index contributed by atoms with van der Waals surface area (Å²) < 4.78 is 5.30. The number of thioether (sulfide) groups is 1. The van der Waals surface area contributed by atoms with Gasteiger partial charge in [-0.25, -0.2) is 0 Å². The maximum absolute atomic E-state index is 12.8. The zero-order valence-corrected chi connectivity index (χ0v) is 21.2. The van der Waals surface area contributed by atoms with Gasteiger partial charge in [0.05, 0.1) is 19.4 Å². The lowest BCUT2D eigenvalue weighted by atomic mass is 9.99. The van der Waals surface area contributed by atoms with Gasteiger partial charge in [-0.15, -0.1) is 0 Å². The van der Waals surface area contributed by atoms with E-state index in [0.29, 0.717) is 25.3 Å². The fourth-order valence-corrected chi connectivity index (χ4v) is 5.01. The minimum atomic E-state index is -0.171. The molecule has 1 amide bonds. The number of amides is 1. The first-order valence-corrected chi connectivity index (χ1v) is 13.5. The number of hydrogen-bond acceptors (Lipinski definition) is 7. The van der Waals surface area contributed by atoms with E-state index in [0.717, 1.165) is 67.2 Å². The predicted octanol–water partition coefficient (Wildman–Crippen LogP) is 4.02. The van der Waals surface area contributed by atoms with Crippen molar-refractivity contribution in [2.45, 2.75) is 32.7 Å². The number of nitrogens with zero attached hydrogens (tertiary/aromatic N) is 3. The van der Waals surface area contributed by atoms with Gasteiger partial charge in [0.15, 0.2) is 0 Å². The van der Waals surface area contributed by atoms with Crippen LogP contribution in [-0.4, -0.2) is 72.3 Å². The van der Waals surface area contributed by atoms with Crippen molar-refractivity contribution in [1.82, 2.24) is 9.91 Å². The number of rotatable bonds is 9. The number of unbranched alkanes of at least 4 members (excludes halogenated alkanes) is 1. The summed E-state index contributed by atoms with van der Waals surface area (Å²) in [4.78, 5) is 27.0. The number of hydrogen-bond donors (Lipinski definition) is 1. The molecule has 0 bridgehead atoms. The number of carbonyl (C=O) groups excluding carboxylic acids is 2. The smallest absolute Gasteiger partial charge is 0.320 e. The highest BCUT2D eigenvalue weighted by molar-refractivity contribution is 7.99. The number of carbonyl (C=O) groups is 2. The number of nitrogens with one attached hydrogen (secondary N) is 1. The summed E-state index contributed by atoms with van der Waals surface area (Å²) >= 11 is 1.96. The molecular weight excluding hydrogens is 460 g/mol. The van der Waals surface area contributed by atoms with Gasteiger partial charge in [-0.3, -0.25) is 19.5 Å². The van der Waals surface area contributed by atoms with Crippen LogP contribution in [0.15, 0.2) is 47.6 Å². The molecule has 2 aromatic carbocycles. The number of hydrazone groups is 1. The molecule has 2 aliphatic rings. The van der Waals surface area contributed by atoms with Gasteiger partial charge >= 0.3 is 5.97 Å². The molecule has 0 spiro atoms. The second-order valence-electron chi connectivity index (χ2n) is 8.90. The summed E-state index contributed by atoms with van der Waals surface area (Å²) in [5, 5.41) is 9.64. The number of ether oxygens (including phenoxy) is 1. The Labute approximate surface area is 211 Å². The van der Waals surface area contributed by atoms with Crippen molar-refractivity contribution >= 4 is 35.5 Å². The molecule has 0 saturated carbocycles. The van der Waals surface area contributed by atoms with E-state index in [9.17, 15) is 9.59 Å². The van der Waals surface area contributed by atoms with Crippen molar-refractivity contribution in [1.29, 1.82) is 0 Å². The topological polar surface area (TPSA) is 74.2 Å². The molecule has 0 unspecified atom stereocenters. The maximum atomic E-state index is 12.8. The molecule has 1 saturated heterocycles. The van der Waals surface area contributed by atoms with Crippen LogP contribution in [0.1, 0.15) is 46.8 Å². The largest absolute Gasteiger partial charge is 0.465 e. The molecule has 2 aliphatic heterocycles. The summed E-state index contributed by atoms with van der Waals surface area (Å²) in [6.07, 6.45) is 4.64. The molecule has 1 fully saturated rings. The zero-order valence-electron chi connectivity index (χ0n) is 20.4. The minimum Gasteiger partial charge on any atom is -0.465 e. The van der Waals surface area contributed by atoms with E-state index in [-0.39, 0.29) is 11.9 Å². The van der Waals surface area contributed by atoms with Crippen molar-refractivity contribution in [3.8, 4) is 0 Å². The second kappa shape index (κ2) is 12.7. The molecule has 35 heavy (non-hydrogen) atoms. The number of benzene rings is 2. The van der Waals surface area contributed by atoms with Crippen molar-refractivity contribution in [2.75, 3.05) is 49.6 Å². The van der Waals surface area contributed by atoms with E-state index in [1.807, 2.05) is 54.4 Å². The fourth-order valence-electron chi connectivity index (χ4n) is 4.13. The first kappa shape index (κ1) is 25.3. The van der Waals surface area contributed by atoms with E-state index in [1.165, 1.54) is 5.56 Å². The highest BCUT2D eigenvalue weighted by Crippen LogP contribution is 2.23. The average molecular weight is 495 g/mol. The van der Waals surface area contributed by atoms with Gasteiger partial charge < -0.3 is 10.1 Å². The molecule has 2 aromatic rings. The highest BCUT2D eigenvalue weighted by atomic mass is 32.2. The lowest BCUT2D eigenvalue weighted by molar-refractivity contribution is -0.145. The summed E-state index contributed by atoms with van der Waals surface area (Å²) in [6, 6.07) is 13.5. The quantitative estimate of drug-likeness (QED) is 0.322. The average Bonchev–Trinajstić information content (AvgIpc) is 2.88. The lowest BCUT2D eigenvalue weighted by Crippen LogP contribution is -2.35. The van der Waals surface area contributed by atoms with Crippen LogP contribution in [-0.2, 0) is 22.5 Å². The van der Waals surface area contributed by atoms with Gasteiger partial charge in [-0.2, -0.15) is 16.9 Å². The molecule has 0 aliphatic carbocycles. The zero-order chi connectivity index (χ0) is 24.5. The highest BCUT2D eigenvalue weighted by Gasteiger charge is 2.20. The Morgan fingerprint density at radius 3 is 2.66 bits per heavy atom. The second-order valence-corrected chi connectivity index (χ2v) is 10.1. The van der Waals surface area contributed by atoms with E-state index >= 15 is 0 Å². The molecule has 0 aromatic heterocycles. The molecule has 1 N–H and O–H groups in total. The molecule has 8 heteroatoms. The molecule has 0 radical (unpaired) electrons. The third-order valence-corrected chi connectivity index (χ3v) is 7.14. The Morgan fingerprint density at radius 2 is 1.89 bits per heavy atom. The van der Waals surface area contributed by atoms with E-state index in [1.54, 1.807) is 0 Å². The van der Waals surface area contributed by atoms with Crippen LogP contribution >= 0.6 is 11.8 Å². The molecule has 7 nitrogen and oxygen atoms in total. The van der Waals surface area contributed by atoms with Crippen molar-refractivity contribution < 1.29 is 14.3 Å². The fraction of sp³-hybridized carbons (Fsp3) is 0.444. The third kappa shape index (κ3) is 7.57. The van der Waals surface area contributed by atoms with Gasteiger partial charge in [-0.05, 0) is 53.8 Å². The third-order valence-electron chi connectivity index (χ3n) is 6.20. The van der Waals surface area contributed by atoms with E-state index < -0.39 is 0 Å². The standard InChI is InChI=1S/C27H34N4O3S/c1-2-3-14-34-26(32)20-30-11-10-22-8-9-25(17-24(22)19-30)29-27(33)23-6-4-21(5-7-23)18-28-31-12-15-35-16-13-31/h4-9,17-18H,2-3,10-16,19-20H2,1H3,(H,29,33)/b28-18+. The van der Waals surface area contributed by atoms with E-state index in [4.69, 9.17) is 4.74 Å². The van der Waals surface area contributed by atoms with Crippen molar-refractivity contribution in [3.63, 3.8) is 0 Å². The monoisotopic (exact) mass is 494 g/mol. The molecule has 0 atom stereocenters. The Bertz CT molecular complexity index is 1040. The van der Waals surface area contributed by atoms with Crippen LogP contribution in [0.4, 0.5) is 5.69 Å². The maximum Gasteiger partial charge on any atom is 0.320 e. The number of esters is 1. The minimum absolute atomic E-state index is 0.145. The summed E-state index contributed by atoms with van der Waals surface area (Å²) in [6.45, 7) is 6.31. The van der Waals surface area contributed by atoms with Gasteiger partial charge in [0.2, 0.25) is 0 Å². The van der Waals surface area contributed by atoms with Crippen LogP contribution < -0.4 is 5.32 Å². The van der Waals surface area contributed by atoms with Crippen LogP contribution in [0.3, 0.4) is 0 Å². The van der Waals surface area contributed by atoms with Gasteiger partial charge in [0.25, 0.3) is 5.91 Å². The van der Waals surface area contributed by atoms with Crippen LogP contribution in [0.2, 0.25) is 0 Å². The van der Waals surface area contributed by atoms with Gasteiger partial charge in [0, 0.05) is 48.9 Å². The predicted molar refractivity (Wildman–Crippen MR) is 142 cm³/mol. The first-order valence-electron chi connectivity index (χ1n) is 12.4. The van der Waals surface area contributed by atoms with Crippen LogP contribution in [0.5, 0.6) is 0 Å². The van der Waals surface area contributed by atoms with Crippen molar-refractivity contribution in [3.05, 3.63) is 64.7 Å². The Balaban J connectivity index is 1.31. The summed E-state index contributed by atoms with van der Waals surface area (Å²) in [7, 11) is 0. The van der Waals surface area contributed by atoms with Crippen LogP contribution in [0, 0.1) is 0 Å². The van der Waals surface area contributed by atoms with Gasteiger partial charge in [0.1, 0.15) is 0 Å². The summed E-state index contributed by atoms with van der Waals surface area (Å²) in [5.41, 5.74) is 4.73. The Hall–Kier alpha value is -2.84. The van der Waals surface area contributed by atoms with Crippen LogP contribution in [0.25, 0.3) is 0 Å². The van der Waals surface area contributed by atoms with E-state index in [2.05, 4.69) is 33.3 Å². The Morgan fingerprint density at radius 1 is 1.09 bits per heavy atom. The Kier molecular flexibility index (Phi) is 9.20. The molecular formula is C27H34N4O3S. The summed E-state index contributed by atoms with van der Waals surface area (Å²) in [5.74, 6) is 1.91. The number of fused-ring (bicyclic) bond motifs is 1. The normalized spacial score (nSPS) is 16.2.